The number of cyclic esters (lactones) is 1. The predicted molar refractivity (Wildman–Crippen MR) is 104 cm³/mol. The van der Waals surface area contributed by atoms with Gasteiger partial charge in [0.25, 0.3) is 5.91 Å². The van der Waals surface area contributed by atoms with E-state index in [1.807, 2.05) is 43.3 Å². The summed E-state index contributed by atoms with van der Waals surface area (Å²) in [6, 6.07) is 17.9. The van der Waals surface area contributed by atoms with Crippen LogP contribution in [0.15, 0.2) is 60.7 Å². The van der Waals surface area contributed by atoms with Gasteiger partial charge < -0.3 is 9.84 Å². The standard InChI is InChI=1S/C20H21BrN2O4/c1-13-18(15-11-7-4-8-12-15)27-20(26)23(22(13)2)19(25)16(21)17(24)14-9-5-3-6-10-14/h3-13,16-18,24H,1-2H3/t13-,16-,17+,18-/m0/s1. The van der Waals surface area contributed by atoms with E-state index >= 15 is 0 Å². The molecule has 6 nitrogen and oxygen atoms in total. The third kappa shape index (κ3) is 3.90. The number of hydrogen-bond acceptors (Lipinski definition) is 5. The van der Waals surface area contributed by atoms with Gasteiger partial charge in [-0.05, 0) is 18.1 Å². The molecule has 1 fully saturated rings. The van der Waals surface area contributed by atoms with Crippen molar-refractivity contribution in [1.29, 1.82) is 0 Å². The molecule has 0 bridgehead atoms. The van der Waals surface area contributed by atoms with E-state index in [0.717, 1.165) is 10.6 Å². The zero-order chi connectivity index (χ0) is 19.6. The van der Waals surface area contributed by atoms with Gasteiger partial charge >= 0.3 is 6.09 Å². The highest BCUT2D eigenvalue weighted by Crippen LogP contribution is 2.33. The van der Waals surface area contributed by atoms with E-state index in [-0.39, 0.29) is 6.04 Å². The summed E-state index contributed by atoms with van der Waals surface area (Å²) in [6.07, 6.45) is -2.35. The van der Waals surface area contributed by atoms with Crippen molar-refractivity contribution in [3.8, 4) is 0 Å². The largest absolute Gasteiger partial charge is 0.438 e. The molecular formula is C20H21BrN2O4. The highest BCUT2D eigenvalue weighted by molar-refractivity contribution is 9.10. The second-order valence-electron chi connectivity index (χ2n) is 6.44. The number of hydrazine groups is 1. The number of amides is 2. The molecule has 142 valence electrons. The van der Waals surface area contributed by atoms with Crippen molar-refractivity contribution in [3.05, 3.63) is 71.8 Å². The van der Waals surface area contributed by atoms with Gasteiger partial charge in [-0.2, -0.15) is 5.01 Å². The molecule has 27 heavy (non-hydrogen) atoms. The highest BCUT2D eigenvalue weighted by Gasteiger charge is 2.44. The lowest BCUT2D eigenvalue weighted by Gasteiger charge is -2.43. The molecule has 7 heteroatoms. The molecular weight excluding hydrogens is 412 g/mol. The molecule has 0 spiro atoms. The Kier molecular flexibility index (Phi) is 5.94. The molecule has 1 saturated heterocycles. The number of carbonyl (C=O) groups is 2. The molecule has 0 aliphatic carbocycles. The van der Waals surface area contributed by atoms with Crippen molar-refractivity contribution in [2.24, 2.45) is 0 Å². The van der Waals surface area contributed by atoms with Crippen LogP contribution in [0.2, 0.25) is 0 Å². The molecule has 0 radical (unpaired) electrons. The van der Waals surface area contributed by atoms with E-state index < -0.39 is 29.0 Å². The summed E-state index contributed by atoms with van der Waals surface area (Å²) < 4.78 is 5.55. The average Bonchev–Trinajstić information content (AvgIpc) is 2.70. The number of likely N-dealkylation sites (N-methyl/N-ethyl adjacent to an activating group) is 1. The number of ether oxygens (including phenoxy) is 1. The first-order chi connectivity index (χ1) is 12.9. The van der Waals surface area contributed by atoms with Crippen molar-refractivity contribution >= 4 is 27.9 Å². The van der Waals surface area contributed by atoms with Crippen LogP contribution in [0.5, 0.6) is 0 Å². The normalized spacial score (nSPS) is 22.8. The molecule has 1 N–H and O–H groups in total. The van der Waals surface area contributed by atoms with E-state index in [1.165, 1.54) is 0 Å². The van der Waals surface area contributed by atoms with E-state index in [2.05, 4.69) is 15.9 Å². The Hall–Kier alpha value is -2.22. The van der Waals surface area contributed by atoms with Crippen LogP contribution in [0, 0.1) is 0 Å². The fraction of sp³-hybridized carbons (Fsp3) is 0.300. The second kappa shape index (κ2) is 8.21. The number of rotatable bonds is 4. The number of carbonyl (C=O) groups excluding carboxylic acids is 2. The summed E-state index contributed by atoms with van der Waals surface area (Å²) in [7, 11) is 1.66. The zero-order valence-corrected chi connectivity index (χ0v) is 16.6. The van der Waals surface area contributed by atoms with E-state index in [4.69, 9.17) is 4.74 Å². The fourth-order valence-electron chi connectivity index (χ4n) is 3.07. The number of aliphatic hydroxyl groups excluding tert-OH is 1. The quantitative estimate of drug-likeness (QED) is 0.749. The minimum Gasteiger partial charge on any atom is -0.438 e. The minimum absolute atomic E-state index is 0.261. The van der Waals surface area contributed by atoms with Crippen molar-refractivity contribution in [1.82, 2.24) is 10.0 Å². The molecule has 4 atom stereocenters. The van der Waals surface area contributed by atoms with Crippen molar-refractivity contribution in [2.75, 3.05) is 7.05 Å². The van der Waals surface area contributed by atoms with Crippen LogP contribution in [0.25, 0.3) is 0 Å². The molecule has 2 aromatic rings. The Morgan fingerprint density at radius 3 is 2.26 bits per heavy atom. The predicted octanol–water partition coefficient (Wildman–Crippen LogP) is 3.44. The summed E-state index contributed by atoms with van der Waals surface area (Å²) in [5, 5.41) is 13.0. The second-order valence-corrected chi connectivity index (χ2v) is 7.42. The maximum absolute atomic E-state index is 12.9. The SMILES string of the molecule is C[C@H]1[C@@H](c2ccccc2)OC(=O)N(C(=O)[C@@H](Br)[C@H](O)c2ccccc2)N1C. The molecule has 2 amide bonds. The Labute approximate surface area is 166 Å². The molecule has 1 heterocycles. The number of aliphatic hydroxyl groups is 1. The number of alkyl halides is 1. The number of imide groups is 1. The number of halogens is 1. The number of benzene rings is 2. The maximum atomic E-state index is 12.9. The topological polar surface area (TPSA) is 70.1 Å². The molecule has 2 aromatic carbocycles. The number of nitrogens with zero attached hydrogens (tertiary/aromatic N) is 2. The molecule has 1 aliphatic rings. The van der Waals surface area contributed by atoms with Gasteiger partial charge in [0.05, 0.1) is 6.04 Å². The minimum atomic E-state index is -1.10. The highest BCUT2D eigenvalue weighted by atomic mass is 79.9. The van der Waals surface area contributed by atoms with Crippen LogP contribution in [0.1, 0.15) is 30.3 Å². The van der Waals surface area contributed by atoms with Crippen LogP contribution in [0.3, 0.4) is 0 Å². The first-order valence-electron chi connectivity index (χ1n) is 8.61. The van der Waals surface area contributed by atoms with Crippen LogP contribution < -0.4 is 0 Å². The lowest BCUT2D eigenvalue weighted by atomic mass is 10.0. The molecule has 3 rings (SSSR count). The first-order valence-corrected chi connectivity index (χ1v) is 9.52. The van der Waals surface area contributed by atoms with Crippen molar-refractivity contribution in [2.45, 2.75) is 30.0 Å². The van der Waals surface area contributed by atoms with Crippen molar-refractivity contribution in [3.63, 3.8) is 0 Å². The van der Waals surface area contributed by atoms with Crippen LogP contribution in [-0.4, -0.2) is 45.0 Å². The summed E-state index contributed by atoms with van der Waals surface area (Å²) in [6.45, 7) is 1.88. The summed E-state index contributed by atoms with van der Waals surface area (Å²) >= 11 is 3.24. The Bertz CT molecular complexity index is 802. The van der Waals surface area contributed by atoms with Gasteiger partial charge in [-0.3, -0.25) is 4.79 Å². The van der Waals surface area contributed by atoms with Gasteiger partial charge in [0, 0.05) is 7.05 Å². The Morgan fingerprint density at radius 2 is 1.67 bits per heavy atom. The van der Waals surface area contributed by atoms with Crippen LogP contribution in [-0.2, 0) is 9.53 Å². The smallest absolute Gasteiger partial charge is 0.432 e. The maximum Gasteiger partial charge on any atom is 0.432 e. The Balaban J connectivity index is 1.78. The third-order valence-electron chi connectivity index (χ3n) is 4.73. The average molecular weight is 433 g/mol. The van der Waals surface area contributed by atoms with Gasteiger partial charge in [-0.1, -0.05) is 76.6 Å². The van der Waals surface area contributed by atoms with Gasteiger partial charge in [0.1, 0.15) is 17.0 Å². The van der Waals surface area contributed by atoms with Gasteiger partial charge in [-0.15, -0.1) is 0 Å². The van der Waals surface area contributed by atoms with E-state index in [1.54, 1.807) is 36.3 Å². The third-order valence-corrected chi connectivity index (χ3v) is 5.63. The summed E-state index contributed by atoms with van der Waals surface area (Å²) in [5.74, 6) is -0.586. The fourth-order valence-corrected chi connectivity index (χ4v) is 3.57. The molecule has 0 aromatic heterocycles. The van der Waals surface area contributed by atoms with Gasteiger partial charge in [0.15, 0.2) is 0 Å². The van der Waals surface area contributed by atoms with Gasteiger partial charge in [0.2, 0.25) is 0 Å². The molecule has 0 unspecified atom stereocenters. The lowest BCUT2D eigenvalue weighted by Crippen LogP contribution is -2.60. The lowest BCUT2D eigenvalue weighted by molar-refractivity contribution is -0.163. The number of hydrogen-bond donors (Lipinski definition) is 1. The summed E-state index contributed by atoms with van der Waals surface area (Å²) in [5.41, 5.74) is 1.44. The Morgan fingerprint density at radius 1 is 1.11 bits per heavy atom. The molecule has 0 saturated carbocycles. The van der Waals surface area contributed by atoms with E-state index in [0.29, 0.717) is 5.56 Å². The zero-order valence-electron chi connectivity index (χ0n) is 15.0. The monoisotopic (exact) mass is 432 g/mol. The van der Waals surface area contributed by atoms with E-state index in [9.17, 15) is 14.7 Å². The van der Waals surface area contributed by atoms with Crippen molar-refractivity contribution < 1.29 is 19.4 Å². The van der Waals surface area contributed by atoms with Crippen LogP contribution in [0.4, 0.5) is 4.79 Å². The van der Waals surface area contributed by atoms with Crippen LogP contribution >= 0.6 is 15.9 Å². The van der Waals surface area contributed by atoms with Gasteiger partial charge in [-0.25, -0.2) is 9.80 Å². The first kappa shape index (κ1) is 19.5. The molecule has 1 aliphatic heterocycles. The summed E-state index contributed by atoms with van der Waals surface area (Å²) in [4.78, 5) is 24.5.